The normalized spacial score (nSPS) is 18.6. The number of esters is 3. The maximum Gasteiger partial charge on any atom is 0.411 e. The molecule has 8 nitrogen and oxygen atoms in total. The van der Waals surface area contributed by atoms with Gasteiger partial charge in [0.1, 0.15) is 12.7 Å². The highest BCUT2D eigenvalue weighted by molar-refractivity contribution is 5.94. The number of rotatable bonds is 16. The summed E-state index contributed by atoms with van der Waals surface area (Å²) in [6.45, 7) is -2.64. The van der Waals surface area contributed by atoms with Crippen LogP contribution < -0.4 is 0 Å². The summed E-state index contributed by atoms with van der Waals surface area (Å²) in [6.07, 6.45) is -18.7. The highest BCUT2D eigenvalue weighted by Crippen LogP contribution is 2.60. The van der Waals surface area contributed by atoms with E-state index in [1.807, 2.05) is 0 Å². The number of carbonyl (C=O) groups excluding carboxylic acids is 3. The second kappa shape index (κ2) is 13.3. The summed E-state index contributed by atoms with van der Waals surface area (Å²) in [5.74, 6) is -96.2. The van der Waals surface area contributed by atoms with E-state index < -0.39 is 120 Å². The Balaban J connectivity index is 3.32. The summed E-state index contributed by atoms with van der Waals surface area (Å²) >= 11 is 0. The summed E-state index contributed by atoms with van der Waals surface area (Å²) in [7, 11) is 0. The first kappa shape index (κ1) is 46.3. The molecule has 0 radical (unpaired) electrons. The van der Waals surface area contributed by atoms with Crippen molar-refractivity contribution in [2.75, 3.05) is 6.61 Å². The maximum atomic E-state index is 13.9. The molecule has 32 heteroatoms. The highest BCUT2D eigenvalue weighted by atomic mass is 19.4. The molecule has 1 aliphatic rings. The van der Waals surface area contributed by atoms with Crippen LogP contribution in [0.3, 0.4) is 0 Å². The first-order valence-electron chi connectivity index (χ1n) is 11.7. The molecular weight excluding hydrogens is 824 g/mol. The summed E-state index contributed by atoms with van der Waals surface area (Å²) in [5, 5.41) is 19.2. The first-order valence-corrected chi connectivity index (χ1v) is 11.7. The molecule has 2 atom stereocenters. The van der Waals surface area contributed by atoms with E-state index in [0.717, 1.165) is 0 Å². The number of cyclic esters (lactones) is 1. The standard InChI is InChI=1S/C20H8F24O8/c21-7(22)11(25,26)15(33,34)19(41,42)17(37,38)13(29,30)9(48)50-1-2(45)4-3(46)5(6(47)51-4)52-10(49)14(31,32)18(39,40)20(43,44)16(35,36)12(27,28)8(23)24/h2,4,7-8,45-46H,1H2/t2-,4+/m0/s1. The van der Waals surface area contributed by atoms with Crippen LogP contribution in [0.2, 0.25) is 0 Å². The number of aliphatic hydroxyl groups excluding tert-OH is 2. The Bertz CT molecular complexity index is 1420. The van der Waals surface area contributed by atoms with Crippen LogP contribution in [0.15, 0.2) is 11.5 Å². The summed E-state index contributed by atoms with van der Waals surface area (Å²) < 4.78 is 327. The lowest BCUT2D eigenvalue weighted by atomic mass is 9.94. The van der Waals surface area contributed by atoms with E-state index >= 15 is 0 Å². The van der Waals surface area contributed by atoms with Gasteiger partial charge in [0.2, 0.25) is 0 Å². The molecule has 0 aromatic carbocycles. The molecule has 0 unspecified atom stereocenters. The molecule has 1 rings (SSSR count). The van der Waals surface area contributed by atoms with Crippen molar-refractivity contribution in [1.29, 1.82) is 0 Å². The van der Waals surface area contributed by atoms with Gasteiger partial charge in [0.15, 0.2) is 11.9 Å². The van der Waals surface area contributed by atoms with E-state index in [1.54, 1.807) is 0 Å². The lowest BCUT2D eigenvalue weighted by Crippen LogP contribution is -2.70. The van der Waals surface area contributed by atoms with E-state index in [2.05, 4.69) is 14.2 Å². The van der Waals surface area contributed by atoms with Crippen LogP contribution in [-0.2, 0) is 28.6 Å². The second-order valence-corrected chi connectivity index (χ2v) is 9.54. The van der Waals surface area contributed by atoms with Crippen LogP contribution in [0.1, 0.15) is 0 Å². The van der Waals surface area contributed by atoms with Gasteiger partial charge in [-0.25, -0.2) is 31.9 Å². The number of aliphatic hydroxyl groups is 2. The van der Waals surface area contributed by atoms with E-state index in [9.17, 15) is 130 Å². The molecule has 52 heavy (non-hydrogen) atoms. The Morgan fingerprint density at radius 3 is 1.25 bits per heavy atom. The molecule has 0 fully saturated rings. The molecule has 0 aromatic rings. The molecule has 0 spiro atoms. The molecule has 0 amide bonds. The quantitative estimate of drug-likeness (QED) is 0.110. The number of alkyl halides is 24. The predicted octanol–water partition coefficient (Wildman–Crippen LogP) is 6.01. The lowest BCUT2D eigenvalue weighted by molar-refractivity contribution is -0.408. The van der Waals surface area contributed by atoms with Gasteiger partial charge in [-0.05, 0) is 0 Å². The number of halogens is 24. The highest BCUT2D eigenvalue weighted by Gasteiger charge is 2.91. The first-order chi connectivity index (χ1) is 22.6. The van der Waals surface area contributed by atoms with Crippen LogP contribution in [0.25, 0.3) is 0 Å². The monoisotopic (exact) mass is 832 g/mol. The number of hydrogen-bond donors (Lipinski definition) is 2. The van der Waals surface area contributed by atoms with Crippen molar-refractivity contribution >= 4 is 17.9 Å². The van der Waals surface area contributed by atoms with Gasteiger partial charge in [0.25, 0.3) is 5.76 Å². The largest absolute Gasteiger partial charge is 0.505 e. The lowest BCUT2D eigenvalue weighted by Gasteiger charge is -2.38. The van der Waals surface area contributed by atoms with Crippen molar-refractivity contribution in [1.82, 2.24) is 0 Å². The van der Waals surface area contributed by atoms with E-state index in [0.29, 0.717) is 0 Å². The molecule has 1 aliphatic heterocycles. The average molecular weight is 832 g/mol. The van der Waals surface area contributed by atoms with Crippen molar-refractivity contribution in [3.8, 4) is 0 Å². The Morgan fingerprint density at radius 1 is 0.596 bits per heavy atom. The molecule has 0 aromatic heterocycles. The van der Waals surface area contributed by atoms with Crippen molar-refractivity contribution < 1.29 is 144 Å². The van der Waals surface area contributed by atoms with Gasteiger partial charge >= 0.3 is 90.0 Å². The van der Waals surface area contributed by atoms with Gasteiger partial charge < -0.3 is 24.4 Å². The summed E-state index contributed by atoms with van der Waals surface area (Å²) in [5.41, 5.74) is 0. The zero-order valence-electron chi connectivity index (χ0n) is 22.9. The minimum absolute atomic E-state index is 2.56. The third-order valence-electron chi connectivity index (χ3n) is 6.12. The van der Waals surface area contributed by atoms with Crippen LogP contribution in [0.4, 0.5) is 105 Å². The Hall–Kier alpha value is -3.77. The van der Waals surface area contributed by atoms with Crippen molar-refractivity contribution in [3.63, 3.8) is 0 Å². The third-order valence-corrected chi connectivity index (χ3v) is 6.12. The minimum atomic E-state index is -8.35. The number of carbonyl (C=O) groups is 3. The molecule has 0 saturated carbocycles. The van der Waals surface area contributed by atoms with Gasteiger partial charge in [-0.1, -0.05) is 0 Å². The topological polar surface area (TPSA) is 119 Å². The third kappa shape index (κ3) is 6.44. The van der Waals surface area contributed by atoms with Crippen LogP contribution in [0, 0.1) is 0 Å². The van der Waals surface area contributed by atoms with Gasteiger partial charge in [-0.15, -0.1) is 0 Å². The molecule has 1 heterocycles. The van der Waals surface area contributed by atoms with Gasteiger partial charge in [0, 0.05) is 0 Å². The fraction of sp³-hybridized carbons (Fsp3) is 0.750. The number of hydrogen-bond acceptors (Lipinski definition) is 8. The predicted molar refractivity (Wildman–Crippen MR) is 104 cm³/mol. The van der Waals surface area contributed by atoms with E-state index in [-0.39, 0.29) is 0 Å². The van der Waals surface area contributed by atoms with Crippen LogP contribution in [0.5, 0.6) is 0 Å². The maximum absolute atomic E-state index is 13.9. The Labute approximate surface area is 265 Å². The smallest absolute Gasteiger partial charge is 0.411 e. The van der Waals surface area contributed by atoms with Crippen LogP contribution in [-0.4, -0.2) is 119 Å². The average Bonchev–Trinajstić information content (AvgIpc) is 3.26. The second-order valence-electron chi connectivity index (χ2n) is 9.54. The molecule has 2 N–H and O–H groups in total. The fourth-order valence-electron chi connectivity index (χ4n) is 3.05. The van der Waals surface area contributed by atoms with Crippen LogP contribution >= 0.6 is 0 Å². The molecule has 0 bridgehead atoms. The van der Waals surface area contributed by atoms with Gasteiger partial charge in [-0.3, -0.25) is 0 Å². The summed E-state index contributed by atoms with van der Waals surface area (Å²) in [6, 6.07) is 0. The SMILES string of the molecule is O=C1O[C@H]([C@@H](O)COC(=O)C(F)(F)C(F)(F)C(F)(F)C(F)(F)C(F)(F)C(F)F)C(O)=C1OC(=O)C(F)(F)C(F)(F)C(F)(F)C(F)(F)C(F)(F)C(F)F. The fourth-order valence-corrected chi connectivity index (χ4v) is 3.05. The zero-order chi connectivity index (χ0) is 42.0. The van der Waals surface area contributed by atoms with Crippen molar-refractivity contribution in [3.05, 3.63) is 11.5 Å². The van der Waals surface area contributed by atoms with Gasteiger partial charge in [0.05, 0.1) is 0 Å². The molecule has 0 saturated heterocycles. The van der Waals surface area contributed by atoms with E-state index in [4.69, 9.17) is 0 Å². The van der Waals surface area contributed by atoms with Gasteiger partial charge in [-0.2, -0.15) is 87.8 Å². The van der Waals surface area contributed by atoms with Crippen molar-refractivity contribution in [2.24, 2.45) is 0 Å². The molecule has 0 aliphatic carbocycles. The summed E-state index contributed by atoms with van der Waals surface area (Å²) in [4.78, 5) is 34.4. The Kier molecular flexibility index (Phi) is 11.8. The molecular formula is C20H8F24O8. The molecule has 304 valence electrons. The number of ether oxygens (including phenoxy) is 3. The van der Waals surface area contributed by atoms with E-state index in [1.165, 1.54) is 0 Å². The zero-order valence-corrected chi connectivity index (χ0v) is 22.9. The van der Waals surface area contributed by atoms with Crippen molar-refractivity contribution in [2.45, 2.75) is 84.3 Å². The minimum Gasteiger partial charge on any atom is -0.505 e. The Morgan fingerprint density at radius 2 is 0.923 bits per heavy atom.